The van der Waals surface area contributed by atoms with Gasteiger partial charge in [0.15, 0.2) is 0 Å². The summed E-state index contributed by atoms with van der Waals surface area (Å²) in [5, 5.41) is 3.50. The number of nitrogens with zero attached hydrogens (tertiary/aromatic N) is 1. The van der Waals surface area contributed by atoms with Crippen LogP contribution in [0.25, 0.3) is 0 Å². The van der Waals surface area contributed by atoms with Gasteiger partial charge >= 0.3 is 0 Å². The van der Waals surface area contributed by atoms with Gasteiger partial charge in [0.05, 0.1) is 6.61 Å². The van der Waals surface area contributed by atoms with Crippen molar-refractivity contribution in [3.63, 3.8) is 0 Å². The van der Waals surface area contributed by atoms with Gasteiger partial charge in [-0.05, 0) is 38.1 Å². The number of benzene rings is 1. The molecule has 1 aromatic carbocycles. The highest BCUT2D eigenvalue weighted by molar-refractivity contribution is 5.39. The zero-order valence-electron chi connectivity index (χ0n) is 11.7. The third-order valence-corrected chi connectivity index (χ3v) is 3.61. The Morgan fingerprint density at radius 2 is 2.22 bits per heavy atom. The first-order valence-electron chi connectivity index (χ1n) is 6.82. The normalized spacial score (nSPS) is 14.1. The second kappa shape index (κ2) is 6.21. The lowest BCUT2D eigenvalue weighted by atomic mass is 10.1. The molecule has 100 valence electrons. The third kappa shape index (κ3) is 3.47. The van der Waals surface area contributed by atoms with Gasteiger partial charge in [-0.2, -0.15) is 0 Å². The molecule has 0 radical (unpaired) electrons. The molecule has 0 unspecified atom stereocenters. The van der Waals surface area contributed by atoms with Gasteiger partial charge in [-0.3, -0.25) is 0 Å². The van der Waals surface area contributed by atoms with Gasteiger partial charge in [0.2, 0.25) is 0 Å². The third-order valence-electron chi connectivity index (χ3n) is 3.61. The number of nitrogens with one attached hydrogen (secondary N) is 1. The van der Waals surface area contributed by atoms with Gasteiger partial charge in [-0.1, -0.05) is 12.1 Å². The maximum atomic E-state index is 5.51. The van der Waals surface area contributed by atoms with E-state index in [2.05, 4.69) is 49.3 Å². The van der Waals surface area contributed by atoms with Crippen molar-refractivity contribution in [1.29, 1.82) is 0 Å². The molecule has 0 amide bonds. The number of fused-ring (bicyclic) bond motifs is 1. The van der Waals surface area contributed by atoms with E-state index in [0.29, 0.717) is 6.04 Å². The average Bonchev–Trinajstić information content (AvgIpc) is 2.81. The maximum Gasteiger partial charge on any atom is 0.122 e. The molecular weight excluding hydrogens is 224 g/mol. The van der Waals surface area contributed by atoms with Crippen LogP contribution in [0.1, 0.15) is 25.0 Å². The molecule has 1 aliphatic rings. The van der Waals surface area contributed by atoms with Crippen LogP contribution in [0.5, 0.6) is 5.75 Å². The number of rotatable bonds is 6. The maximum absolute atomic E-state index is 5.51. The Bertz CT molecular complexity index is 390. The van der Waals surface area contributed by atoms with Crippen molar-refractivity contribution in [1.82, 2.24) is 10.2 Å². The molecule has 0 aliphatic carbocycles. The smallest absolute Gasteiger partial charge is 0.122 e. The summed E-state index contributed by atoms with van der Waals surface area (Å²) in [6.07, 6.45) is 1.05. The minimum atomic E-state index is 0.615. The summed E-state index contributed by atoms with van der Waals surface area (Å²) >= 11 is 0. The molecule has 1 aromatic rings. The Kier molecular flexibility index (Phi) is 4.61. The molecule has 3 heteroatoms. The lowest BCUT2D eigenvalue weighted by Crippen LogP contribution is -2.33. The lowest BCUT2D eigenvalue weighted by molar-refractivity contribution is 0.273. The molecule has 0 fully saturated rings. The van der Waals surface area contributed by atoms with Crippen LogP contribution >= 0.6 is 0 Å². The Labute approximate surface area is 110 Å². The van der Waals surface area contributed by atoms with Gasteiger partial charge in [0.25, 0.3) is 0 Å². The van der Waals surface area contributed by atoms with E-state index in [1.54, 1.807) is 0 Å². The van der Waals surface area contributed by atoms with Crippen LogP contribution in [-0.4, -0.2) is 37.7 Å². The van der Waals surface area contributed by atoms with E-state index >= 15 is 0 Å². The van der Waals surface area contributed by atoms with Crippen molar-refractivity contribution in [2.45, 2.75) is 32.9 Å². The Hall–Kier alpha value is -1.06. The van der Waals surface area contributed by atoms with Crippen LogP contribution in [0, 0.1) is 0 Å². The fourth-order valence-corrected chi connectivity index (χ4v) is 2.10. The van der Waals surface area contributed by atoms with Crippen molar-refractivity contribution in [2.75, 3.05) is 26.7 Å². The van der Waals surface area contributed by atoms with Crippen LogP contribution in [0.15, 0.2) is 18.2 Å². The highest BCUT2D eigenvalue weighted by atomic mass is 16.5. The zero-order valence-corrected chi connectivity index (χ0v) is 11.7. The molecule has 1 N–H and O–H groups in total. The fourth-order valence-electron chi connectivity index (χ4n) is 2.10. The van der Waals surface area contributed by atoms with Crippen molar-refractivity contribution in [2.24, 2.45) is 0 Å². The fraction of sp³-hybridized carbons (Fsp3) is 0.600. The van der Waals surface area contributed by atoms with Gasteiger partial charge in [0, 0.05) is 32.1 Å². The summed E-state index contributed by atoms with van der Waals surface area (Å²) in [6.45, 7) is 8.35. The van der Waals surface area contributed by atoms with Crippen LogP contribution in [0.4, 0.5) is 0 Å². The summed E-state index contributed by atoms with van der Waals surface area (Å²) < 4.78 is 5.51. The second-order valence-corrected chi connectivity index (χ2v) is 5.29. The predicted octanol–water partition coefficient (Wildman–Crippen LogP) is 2.05. The molecule has 0 spiro atoms. The molecule has 0 bridgehead atoms. The monoisotopic (exact) mass is 248 g/mol. The SMILES string of the molecule is CC(C)N(C)CCNCc1ccc2c(c1)CCO2. The first-order chi connectivity index (χ1) is 8.66. The Balaban J connectivity index is 1.74. The summed E-state index contributed by atoms with van der Waals surface area (Å²) in [7, 11) is 2.17. The highest BCUT2D eigenvalue weighted by Crippen LogP contribution is 2.25. The predicted molar refractivity (Wildman–Crippen MR) is 75.1 cm³/mol. The standard InChI is InChI=1S/C15H24N2O/c1-12(2)17(3)8-7-16-11-13-4-5-15-14(10-13)6-9-18-15/h4-5,10,12,16H,6-9,11H2,1-3H3. The van der Waals surface area contributed by atoms with Crippen molar-refractivity contribution in [3.05, 3.63) is 29.3 Å². The van der Waals surface area contributed by atoms with E-state index in [1.807, 2.05) is 0 Å². The number of likely N-dealkylation sites (N-methyl/N-ethyl adjacent to an activating group) is 1. The number of hydrogen-bond donors (Lipinski definition) is 1. The minimum absolute atomic E-state index is 0.615. The zero-order chi connectivity index (χ0) is 13.0. The molecule has 0 saturated heterocycles. The molecule has 3 nitrogen and oxygen atoms in total. The number of ether oxygens (including phenoxy) is 1. The van der Waals surface area contributed by atoms with E-state index in [9.17, 15) is 0 Å². The second-order valence-electron chi connectivity index (χ2n) is 5.29. The molecule has 2 rings (SSSR count). The number of hydrogen-bond acceptors (Lipinski definition) is 3. The summed E-state index contributed by atoms with van der Waals surface area (Å²) in [5.74, 6) is 1.07. The lowest BCUT2D eigenvalue weighted by Gasteiger charge is -2.20. The average molecular weight is 248 g/mol. The van der Waals surface area contributed by atoms with Gasteiger partial charge in [0.1, 0.15) is 5.75 Å². The van der Waals surface area contributed by atoms with E-state index in [4.69, 9.17) is 4.74 Å². The molecule has 1 heterocycles. The van der Waals surface area contributed by atoms with E-state index in [1.165, 1.54) is 11.1 Å². The van der Waals surface area contributed by atoms with Gasteiger partial charge in [-0.25, -0.2) is 0 Å². The quantitative estimate of drug-likeness (QED) is 0.780. The van der Waals surface area contributed by atoms with Gasteiger partial charge in [-0.15, -0.1) is 0 Å². The van der Waals surface area contributed by atoms with Crippen LogP contribution in [0.2, 0.25) is 0 Å². The van der Waals surface area contributed by atoms with Crippen LogP contribution in [-0.2, 0) is 13.0 Å². The first kappa shape index (κ1) is 13.4. The summed E-state index contributed by atoms with van der Waals surface area (Å²) in [4.78, 5) is 2.35. The van der Waals surface area contributed by atoms with E-state index in [-0.39, 0.29) is 0 Å². The minimum Gasteiger partial charge on any atom is -0.493 e. The van der Waals surface area contributed by atoms with Crippen LogP contribution in [0.3, 0.4) is 0 Å². The first-order valence-corrected chi connectivity index (χ1v) is 6.82. The van der Waals surface area contributed by atoms with E-state index in [0.717, 1.165) is 38.4 Å². The highest BCUT2D eigenvalue weighted by Gasteiger charge is 2.11. The molecule has 0 atom stereocenters. The molecule has 1 aliphatic heterocycles. The molecule has 0 aromatic heterocycles. The van der Waals surface area contributed by atoms with Crippen molar-refractivity contribution < 1.29 is 4.74 Å². The summed E-state index contributed by atoms with van der Waals surface area (Å²) in [6, 6.07) is 7.13. The largest absolute Gasteiger partial charge is 0.493 e. The van der Waals surface area contributed by atoms with Crippen molar-refractivity contribution >= 4 is 0 Å². The van der Waals surface area contributed by atoms with Gasteiger partial charge < -0.3 is 15.0 Å². The Morgan fingerprint density at radius 1 is 1.39 bits per heavy atom. The van der Waals surface area contributed by atoms with Crippen LogP contribution < -0.4 is 10.1 Å². The topological polar surface area (TPSA) is 24.5 Å². The molecule has 0 saturated carbocycles. The van der Waals surface area contributed by atoms with Crippen molar-refractivity contribution in [3.8, 4) is 5.75 Å². The summed E-state index contributed by atoms with van der Waals surface area (Å²) in [5.41, 5.74) is 2.71. The molecule has 18 heavy (non-hydrogen) atoms. The van der Waals surface area contributed by atoms with E-state index < -0.39 is 0 Å². The molecular formula is C15H24N2O. The Morgan fingerprint density at radius 3 is 3.00 bits per heavy atom.